The Kier molecular flexibility index (Phi) is 5.88. The van der Waals surface area contributed by atoms with Gasteiger partial charge in [0.15, 0.2) is 0 Å². The molecule has 0 saturated carbocycles. The number of nitrogens with zero attached hydrogens (tertiary/aromatic N) is 4. The van der Waals surface area contributed by atoms with Gasteiger partial charge in [0, 0.05) is 27.1 Å². The molecule has 26 heavy (non-hydrogen) atoms. The van der Waals surface area contributed by atoms with Crippen molar-refractivity contribution in [2.75, 3.05) is 47.3 Å². The molecule has 6 nitrogen and oxygen atoms in total. The third-order valence-corrected chi connectivity index (χ3v) is 6.10. The molecule has 0 bridgehead atoms. The van der Waals surface area contributed by atoms with Gasteiger partial charge in [-0.05, 0) is 38.1 Å². The Labute approximate surface area is 158 Å². The van der Waals surface area contributed by atoms with E-state index >= 15 is 0 Å². The molecule has 1 fully saturated rings. The molecule has 1 aromatic carbocycles. The van der Waals surface area contributed by atoms with E-state index < -0.39 is 0 Å². The summed E-state index contributed by atoms with van der Waals surface area (Å²) in [7, 11) is 5.10. The van der Waals surface area contributed by atoms with Gasteiger partial charge in [0.25, 0.3) is 0 Å². The van der Waals surface area contributed by atoms with Crippen LogP contribution in [0.25, 0.3) is 10.2 Å². The molecule has 0 atom stereocenters. The lowest BCUT2D eigenvalue weighted by Gasteiger charge is -2.31. The molecular weight excluding hydrogens is 348 g/mol. The van der Waals surface area contributed by atoms with Gasteiger partial charge in [-0.2, -0.15) is 0 Å². The molecule has 1 aliphatic heterocycles. The largest absolute Gasteiger partial charge is 0.347 e. The number of amides is 2. The van der Waals surface area contributed by atoms with E-state index in [1.54, 1.807) is 32.5 Å². The summed E-state index contributed by atoms with van der Waals surface area (Å²) in [4.78, 5) is 34.1. The van der Waals surface area contributed by atoms with Gasteiger partial charge in [-0.1, -0.05) is 12.1 Å². The van der Waals surface area contributed by atoms with E-state index in [-0.39, 0.29) is 18.4 Å². The topological polar surface area (TPSA) is 56.8 Å². The Balaban J connectivity index is 1.50. The molecule has 7 heteroatoms. The standard InChI is InChI=1S/C19H26N4O2S/c1-21(2)17(24)12-22(3)18(25)13-23-10-8-14(9-11-23)19-20-15-6-4-5-7-16(15)26-19/h4-7,14H,8-13H2,1-3H3. The van der Waals surface area contributed by atoms with Crippen molar-refractivity contribution < 1.29 is 9.59 Å². The van der Waals surface area contributed by atoms with E-state index in [2.05, 4.69) is 23.1 Å². The molecule has 0 radical (unpaired) electrons. The highest BCUT2D eigenvalue weighted by atomic mass is 32.1. The summed E-state index contributed by atoms with van der Waals surface area (Å²) in [6.07, 6.45) is 2.04. The number of fused-ring (bicyclic) bond motifs is 1. The molecule has 1 aliphatic rings. The van der Waals surface area contributed by atoms with Gasteiger partial charge in [-0.3, -0.25) is 14.5 Å². The lowest BCUT2D eigenvalue weighted by Crippen LogP contribution is -2.44. The van der Waals surface area contributed by atoms with Crippen LogP contribution in [-0.2, 0) is 9.59 Å². The summed E-state index contributed by atoms with van der Waals surface area (Å²) < 4.78 is 1.24. The van der Waals surface area contributed by atoms with Gasteiger partial charge >= 0.3 is 0 Å². The summed E-state index contributed by atoms with van der Waals surface area (Å²) in [5.41, 5.74) is 1.08. The number of para-hydroxylation sites is 1. The van der Waals surface area contributed by atoms with Crippen molar-refractivity contribution in [1.29, 1.82) is 0 Å². The van der Waals surface area contributed by atoms with Crippen molar-refractivity contribution in [3.05, 3.63) is 29.3 Å². The molecule has 0 unspecified atom stereocenters. The SMILES string of the molecule is CN(C)C(=O)CN(C)C(=O)CN1CCC(c2nc3ccccc3s2)CC1. The third-order valence-electron chi connectivity index (χ3n) is 4.90. The zero-order valence-corrected chi connectivity index (χ0v) is 16.5. The van der Waals surface area contributed by atoms with E-state index in [1.165, 1.54) is 19.5 Å². The van der Waals surface area contributed by atoms with Gasteiger partial charge in [0.1, 0.15) is 0 Å². The minimum Gasteiger partial charge on any atom is -0.347 e. The Morgan fingerprint density at radius 1 is 1.15 bits per heavy atom. The average molecular weight is 375 g/mol. The van der Waals surface area contributed by atoms with E-state index in [0.29, 0.717) is 12.5 Å². The molecule has 0 spiro atoms. The Morgan fingerprint density at radius 3 is 2.50 bits per heavy atom. The second-order valence-electron chi connectivity index (χ2n) is 7.11. The lowest BCUT2D eigenvalue weighted by atomic mass is 9.97. The predicted molar refractivity (Wildman–Crippen MR) is 104 cm³/mol. The molecule has 2 amide bonds. The Morgan fingerprint density at radius 2 is 1.85 bits per heavy atom. The number of likely N-dealkylation sites (tertiary alicyclic amines) is 1. The minimum atomic E-state index is -0.0598. The van der Waals surface area contributed by atoms with E-state index in [9.17, 15) is 9.59 Å². The molecule has 2 aromatic rings. The summed E-state index contributed by atoms with van der Waals surface area (Å²) in [5, 5.41) is 1.21. The van der Waals surface area contributed by atoms with Crippen LogP contribution in [0.4, 0.5) is 0 Å². The summed E-state index contributed by atoms with van der Waals surface area (Å²) in [5.74, 6) is 0.417. The van der Waals surface area contributed by atoms with Crippen LogP contribution in [0, 0.1) is 0 Å². The van der Waals surface area contributed by atoms with Crippen molar-refractivity contribution in [3.63, 3.8) is 0 Å². The summed E-state index contributed by atoms with van der Waals surface area (Å²) in [6, 6.07) is 8.26. The van der Waals surface area contributed by atoms with Gasteiger partial charge in [-0.15, -0.1) is 11.3 Å². The van der Waals surface area contributed by atoms with Crippen molar-refractivity contribution in [2.24, 2.45) is 0 Å². The van der Waals surface area contributed by atoms with Gasteiger partial charge in [0.05, 0.1) is 28.3 Å². The normalized spacial score (nSPS) is 16.0. The van der Waals surface area contributed by atoms with Gasteiger partial charge in [-0.25, -0.2) is 4.98 Å². The molecule has 140 valence electrons. The fourth-order valence-electron chi connectivity index (χ4n) is 3.15. The second-order valence-corrected chi connectivity index (χ2v) is 8.17. The van der Waals surface area contributed by atoms with Gasteiger partial charge < -0.3 is 9.80 Å². The first-order chi connectivity index (χ1) is 12.4. The predicted octanol–water partition coefficient (Wildman–Crippen LogP) is 2.02. The highest BCUT2D eigenvalue weighted by Gasteiger charge is 2.25. The maximum Gasteiger partial charge on any atom is 0.241 e. The molecule has 0 aliphatic carbocycles. The van der Waals surface area contributed by atoms with Crippen LogP contribution in [0.15, 0.2) is 24.3 Å². The number of likely N-dealkylation sites (N-methyl/N-ethyl adjacent to an activating group) is 2. The van der Waals surface area contributed by atoms with Crippen molar-refractivity contribution in [2.45, 2.75) is 18.8 Å². The zero-order valence-electron chi connectivity index (χ0n) is 15.6. The number of hydrogen-bond acceptors (Lipinski definition) is 5. The monoisotopic (exact) mass is 374 g/mol. The van der Waals surface area contributed by atoms with Crippen LogP contribution in [-0.4, -0.2) is 78.8 Å². The highest BCUT2D eigenvalue weighted by Crippen LogP contribution is 2.33. The molecule has 2 heterocycles. The van der Waals surface area contributed by atoms with E-state index in [0.717, 1.165) is 31.4 Å². The zero-order chi connectivity index (χ0) is 18.7. The van der Waals surface area contributed by atoms with Crippen LogP contribution in [0.3, 0.4) is 0 Å². The fourth-order valence-corrected chi connectivity index (χ4v) is 4.28. The third kappa shape index (κ3) is 4.40. The van der Waals surface area contributed by atoms with Crippen molar-refractivity contribution >= 4 is 33.4 Å². The number of thiazole rings is 1. The summed E-state index contributed by atoms with van der Waals surface area (Å²) in [6.45, 7) is 2.29. The van der Waals surface area contributed by atoms with Crippen molar-refractivity contribution in [1.82, 2.24) is 19.7 Å². The lowest BCUT2D eigenvalue weighted by molar-refractivity contribution is -0.138. The quantitative estimate of drug-likeness (QED) is 0.803. The molecular formula is C19H26N4O2S. The molecule has 3 rings (SSSR count). The van der Waals surface area contributed by atoms with Crippen LogP contribution in [0.5, 0.6) is 0 Å². The number of benzene rings is 1. The molecule has 1 saturated heterocycles. The van der Waals surface area contributed by atoms with Crippen LogP contribution in [0.2, 0.25) is 0 Å². The van der Waals surface area contributed by atoms with E-state index in [4.69, 9.17) is 4.98 Å². The van der Waals surface area contributed by atoms with Crippen molar-refractivity contribution in [3.8, 4) is 0 Å². The number of carbonyl (C=O) groups is 2. The molecule has 1 aromatic heterocycles. The maximum atomic E-state index is 12.3. The Hall–Kier alpha value is -1.99. The smallest absolute Gasteiger partial charge is 0.241 e. The number of rotatable bonds is 5. The first kappa shape index (κ1) is 18.8. The maximum absolute atomic E-state index is 12.3. The minimum absolute atomic E-state index is 0.00126. The molecule has 0 N–H and O–H groups in total. The number of piperidine rings is 1. The summed E-state index contributed by atoms with van der Waals surface area (Å²) >= 11 is 1.79. The van der Waals surface area contributed by atoms with E-state index in [1.807, 2.05) is 6.07 Å². The van der Waals surface area contributed by atoms with Crippen LogP contribution in [0.1, 0.15) is 23.8 Å². The van der Waals surface area contributed by atoms with Crippen LogP contribution < -0.4 is 0 Å². The number of carbonyl (C=O) groups excluding carboxylic acids is 2. The average Bonchev–Trinajstić information content (AvgIpc) is 3.06. The van der Waals surface area contributed by atoms with Crippen LogP contribution >= 0.6 is 11.3 Å². The second kappa shape index (κ2) is 8.14. The first-order valence-electron chi connectivity index (χ1n) is 8.96. The fraction of sp³-hybridized carbons (Fsp3) is 0.526. The Bertz CT molecular complexity index is 748. The first-order valence-corrected chi connectivity index (χ1v) is 9.77. The van der Waals surface area contributed by atoms with Gasteiger partial charge in [0.2, 0.25) is 11.8 Å². The number of hydrogen-bond donors (Lipinski definition) is 0. The highest BCUT2D eigenvalue weighted by molar-refractivity contribution is 7.18. The number of aromatic nitrogens is 1.